The molecule has 0 radical (unpaired) electrons. The number of carbonyl (C=O) groups excluding carboxylic acids is 1. The Labute approximate surface area is 141 Å². The van der Waals surface area contributed by atoms with Crippen LogP contribution in [-0.4, -0.2) is 17.3 Å². The molecule has 3 rings (SSSR count). The van der Waals surface area contributed by atoms with Crippen LogP contribution in [0.4, 0.5) is 8.78 Å². The molecule has 1 amide bonds. The second-order valence-corrected chi connectivity index (χ2v) is 5.85. The minimum Gasteiger partial charge on any atom is -0.299 e. The van der Waals surface area contributed by atoms with Crippen LogP contribution in [0, 0.1) is 11.6 Å². The first-order chi connectivity index (χ1) is 11.6. The largest absolute Gasteiger partial charge is 0.299 e. The fourth-order valence-electron chi connectivity index (χ4n) is 1.88. The van der Waals surface area contributed by atoms with Gasteiger partial charge in [0.1, 0.15) is 11.6 Å². The normalized spacial score (nSPS) is 17.8. The lowest BCUT2D eigenvalue weighted by Crippen LogP contribution is -2.19. The zero-order valence-corrected chi connectivity index (χ0v) is 13.1. The Morgan fingerprint density at radius 2 is 1.50 bits per heavy atom. The molecule has 1 saturated heterocycles. The van der Waals surface area contributed by atoms with Gasteiger partial charge < -0.3 is 0 Å². The molecule has 4 nitrogen and oxygen atoms in total. The Morgan fingerprint density at radius 1 is 0.917 bits per heavy atom. The lowest BCUT2D eigenvalue weighted by molar-refractivity contribution is -0.115. The molecule has 1 heterocycles. The maximum atomic E-state index is 12.9. The number of thioether (sulfide) groups is 1. The van der Waals surface area contributed by atoms with Gasteiger partial charge in [0.05, 0.1) is 11.1 Å². The summed E-state index contributed by atoms with van der Waals surface area (Å²) >= 11 is 1.14. The highest BCUT2D eigenvalue weighted by atomic mass is 32.2. The van der Waals surface area contributed by atoms with E-state index >= 15 is 0 Å². The molecule has 1 aliphatic rings. The summed E-state index contributed by atoms with van der Waals surface area (Å²) in [5.74, 6) is -0.953. The number of hydrogen-bond donors (Lipinski definition) is 1. The average molecular weight is 343 g/mol. The highest BCUT2D eigenvalue weighted by Crippen LogP contribution is 2.26. The van der Waals surface area contributed by atoms with Crippen LogP contribution in [0.2, 0.25) is 0 Å². The number of carbonyl (C=O) groups is 1. The summed E-state index contributed by atoms with van der Waals surface area (Å²) in [6.07, 6.45) is 3.10. The zero-order valence-electron chi connectivity index (χ0n) is 12.2. The smallest absolute Gasteiger partial charge is 0.264 e. The van der Waals surface area contributed by atoms with Crippen molar-refractivity contribution < 1.29 is 13.6 Å². The van der Waals surface area contributed by atoms with Gasteiger partial charge >= 0.3 is 0 Å². The minimum absolute atomic E-state index is 0.292. The molecular formula is C17H11F2N3OS. The monoisotopic (exact) mass is 343 g/mol. The predicted molar refractivity (Wildman–Crippen MR) is 91.5 cm³/mol. The fraction of sp³-hybridized carbons (Fsp3) is 0. The van der Waals surface area contributed by atoms with Crippen LogP contribution in [0.3, 0.4) is 0 Å². The van der Waals surface area contributed by atoms with Crippen molar-refractivity contribution >= 4 is 35.1 Å². The van der Waals surface area contributed by atoms with E-state index in [1.807, 2.05) is 0 Å². The molecule has 1 aliphatic heterocycles. The van der Waals surface area contributed by atoms with E-state index in [1.165, 1.54) is 30.5 Å². The van der Waals surface area contributed by atoms with Gasteiger partial charge in [-0.15, -0.1) is 5.10 Å². The Bertz CT molecular complexity index is 843. The fourth-order valence-corrected chi connectivity index (χ4v) is 2.66. The maximum absolute atomic E-state index is 12.9. The van der Waals surface area contributed by atoms with Crippen LogP contribution in [0.25, 0.3) is 6.08 Å². The quantitative estimate of drug-likeness (QED) is 0.526. The molecule has 0 bridgehead atoms. The highest BCUT2D eigenvalue weighted by Gasteiger charge is 2.23. The molecular weight excluding hydrogens is 332 g/mol. The van der Waals surface area contributed by atoms with E-state index in [-0.39, 0.29) is 17.5 Å². The first-order valence-corrected chi connectivity index (χ1v) is 7.75. The van der Waals surface area contributed by atoms with Crippen LogP contribution in [0.1, 0.15) is 11.1 Å². The Kier molecular flexibility index (Phi) is 4.81. The second-order valence-electron chi connectivity index (χ2n) is 4.82. The summed E-state index contributed by atoms with van der Waals surface area (Å²) in [7, 11) is 0. The SMILES string of the molecule is O=C1NC(=N/N=C/c2ccc(F)cc2)S/C1=C\c1ccc(F)cc1. The van der Waals surface area contributed by atoms with Crippen molar-refractivity contribution in [3.63, 3.8) is 0 Å². The first-order valence-electron chi connectivity index (χ1n) is 6.93. The van der Waals surface area contributed by atoms with Crippen molar-refractivity contribution in [2.45, 2.75) is 0 Å². The lowest BCUT2D eigenvalue weighted by Gasteiger charge is -1.94. The van der Waals surface area contributed by atoms with Crippen LogP contribution < -0.4 is 5.32 Å². The van der Waals surface area contributed by atoms with E-state index in [9.17, 15) is 13.6 Å². The summed E-state index contributed by atoms with van der Waals surface area (Å²) in [5, 5.41) is 10.7. The molecule has 0 aromatic heterocycles. The highest BCUT2D eigenvalue weighted by molar-refractivity contribution is 8.18. The van der Waals surface area contributed by atoms with Crippen LogP contribution >= 0.6 is 11.8 Å². The lowest BCUT2D eigenvalue weighted by atomic mass is 10.2. The molecule has 2 aromatic carbocycles. The predicted octanol–water partition coefficient (Wildman–Crippen LogP) is 3.56. The summed E-state index contributed by atoms with van der Waals surface area (Å²) in [5.41, 5.74) is 1.40. The molecule has 0 spiro atoms. The first kappa shape index (κ1) is 16.1. The number of amidine groups is 1. The molecule has 2 aromatic rings. The van der Waals surface area contributed by atoms with Gasteiger partial charge in [-0.2, -0.15) is 5.10 Å². The van der Waals surface area contributed by atoms with E-state index in [0.717, 1.165) is 11.8 Å². The van der Waals surface area contributed by atoms with Crippen LogP contribution in [0.5, 0.6) is 0 Å². The van der Waals surface area contributed by atoms with Gasteiger partial charge in [0.2, 0.25) is 0 Å². The van der Waals surface area contributed by atoms with E-state index < -0.39 is 0 Å². The Hall–Kier alpha value is -2.80. The van der Waals surface area contributed by atoms with Crippen molar-refractivity contribution in [3.8, 4) is 0 Å². The number of amides is 1. The minimum atomic E-state index is -0.335. The number of nitrogens with one attached hydrogen (secondary N) is 1. The van der Waals surface area contributed by atoms with Gasteiger partial charge in [0, 0.05) is 0 Å². The standard InChI is InChI=1S/C17H11F2N3OS/c18-13-5-1-11(2-6-13)9-15-16(23)21-17(24-15)22-20-10-12-3-7-14(19)8-4-12/h1-10H,(H,21,22,23)/b15-9-,20-10+. The van der Waals surface area contributed by atoms with Crippen molar-refractivity contribution in [2.75, 3.05) is 0 Å². The third-order valence-electron chi connectivity index (χ3n) is 3.04. The summed E-state index contributed by atoms with van der Waals surface area (Å²) in [4.78, 5) is 12.3. The van der Waals surface area contributed by atoms with Gasteiger partial charge in [-0.25, -0.2) is 8.78 Å². The van der Waals surface area contributed by atoms with E-state index in [1.54, 1.807) is 30.3 Å². The Balaban J connectivity index is 1.69. The summed E-state index contributed by atoms with van der Waals surface area (Å²) in [6, 6.07) is 11.6. The number of benzene rings is 2. The van der Waals surface area contributed by atoms with Gasteiger partial charge in [-0.05, 0) is 53.2 Å². The van der Waals surface area contributed by atoms with Gasteiger partial charge in [-0.1, -0.05) is 24.3 Å². The number of nitrogens with zero attached hydrogens (tertiary/aromatic N) is 2. The Morgan fingerprint density at radius 3 is 2.12 bits per heavy atom. The van der Waals surface area contributed by atoms with Crippen LogP contribution in [-0.2, 0) is 4.79 Å². The van der Waals surface area contributed by atoms with Gasteiger partial charge in [-0.3, -0.25) is 10.1 Å². The summed E-state index contributed by atoms with van der Waals surface area (Å²) in [6.45, 7) is 0. The number of halogens is 2. The third kappa shape index (κ3) is 4.14. The van der Waals surface area contributed by atoms with Crippen molar-refractivity contribution in [2.24, 2.45) is 10.2 Å². The van der Waals surface area contributed by atoms with Crippen molar-refractivity contribution in [3.05, 3.63) is 76.2 Å². The maximum Gasteiger partial charge on any atom is 0.264 e. The molecule has 1 N–H and O–H groups in total. The third-order valence-corrected chi connectivity index (χ3v) is 3.94. The molecule has 24 heavy (non-hydrogen) atoms. The molecule has 1 fully saturated rings. The molecule has 0 unspecified atom stereocenters. The number of rotatable bonds is 3. The topological polar surface area (TPSA) is 53.8 Å². The average Bonchev–Trinajstić information content (AvgIpc) is 2.91. The van der Waals surface area contributed by atoms with E-state index in [4.69, 9.17) is 0 Å². The molecule has 0 atom stereocenters. The second kappa shape index (κ2) is 7.18. The van der Waals surface area contributed by atoms with Crippen LogP contribution in [0.15, 0.2) is 63.6 Å². The van der Waals surface area contributed by atoms with Crippen molar-refractivity contribution in [1.82, 2.24) is 5.32 Å². The van der Waals surface area contributed by atoms with E-state index in [2.05, 4.69) is 15.5 Å². The zero-order chi connectivity index (χ0) is 16.9. The van der Waals surface area contributed by atoms with Gasteiger partial charge in [0.15, 0.2) is 5.17 Å². The van der Waals surface area contributed by atoms with E-state index in [0.29, 0.717) is 21.2 Å². The molecule has 0 saturated carbocycles. The summed E-state index contributed by atoms with van der Waals surface area (Å²) < 4.78 is 25.7. The van der Waals surface area contributed by atoms with Crippen molar-refractivity contribution in [1.29, 1.82) is 0 Å². The molecule has 7 heteroatoms. The molecule has 120 valence electrons. The van der Waals surface area contributed by atoms with Gasteiger partial charge in [0.25, 0.3) is 5.91 Å². The molecule has 0 aliphatic carbocycles. The number of hydrogen-bond acceptors (Lipinski definition) is 4.